The molecule has 2 atom stereocenters. The van der Waals surface area contributed by atoms with E-state index >= 15 is 0 Å². The van der Waals surface area contributed by atoms with Crippen molar-refractivity contribution in [3.63, 3.8) is 0 Å². The fourth-order valence-corrected chi connectivity index (χ4v) is 2.75. The van der Waals surface area contributed by atoms with Gasteiger partial charge in [-0.15, -0.1) is 0 Å². The molecule has 150 valence electrons. The summed E-state index contributed by atoms with van der Waals surface area (Å²) in [6.07, 6.45) is 1.70. The number of ether oxygens (including phenoxy) is 1. The number of thioether (sulfide) groups is 1. The van der Waals surface area contributed by atoms with Gasteiger partial charge in [-0.1, -0.05) is 30.3 Å². The van der Waals surface area contributed by atoms with Crippen molar-refractivity contribution >= 4 is 29.7 Å². The molecule has 0 aliphatic rings. The Kier molecular flexibility index (Phi) is 9.14. The molecule has 0 fully saturated rings. The van der Waals surface area contributed by atoms with Gasteiger partial charge in [0.25, 0.3) is 0 Å². The van der Waals surface area contributed by atoms with E-state index in [1.807, 2.05) is 12.3 Å². The van der Waals surface area contributed by atoms with Crippen LogP contribution in [0.3, 0.4) is 0 Å². The van der Waals surface area contributed by atoms with Crippen molar-refractivity contribution < 1.29 is 24.2 Å². The third-order valence-corrected chi connectivity index (χ3v) is 4.16. The van der Waals surface area contributed by atoms with Gasteiger partial charge in [0.15, 0.2) is 0 Å². The van der Waals surface area contributed by atoms with E-state index in [1.54, 1.807) is 45.0 Å². The van der Waals surface area contributed by atoms with Gasteiger partial charge in [-0.2, -0.15) is 11.8 Å². The molecule has 0 saturated heterocycles. The minimum Gasteiger partial charge on any atom is -0.480 e. The summed E-state index contributed by atoms with van der Waals surface area (Å²) in [5, 5.41) is 14.5. The van der Waals surface area contributed by atoms with Crippen LogP contribution in [0.2, 0.25) is 0 Å². The largest absolute Gasteiger partial charge is 0.480 e. The Hall–Kier alpha value is -2.22. The molecule has 2 amide bonds. The number of aliphatic carboxylic acids is 1. The summed E-state index contributed by atoms with van der Waals surface area (Å²) in [4.78, 5) is 36.2. The quantitative estimate of drug-likeness (QED) is 0.592. The molecule has 1 rings (SSSR count). The lowest BCUT2D eigenvalue weighted by atomic mass is 10.1. The minimum absolute atomic E-state index is 0.156. The first-order chi connectivity index (χ1) is 12.6. The molecular weight excluding hydrogens is 368 g/mol. The maximum atomic E-state index is 12.6. The van der Waals surface area contributed by atoms with Crippen molar-refractivity contribution in [2.75, 3.05) is 12.0 Å². The normalized spacial score (nSPS) is 13.3. The van der Waals surface area contributed by atoms with Crippen LogP contribution in [-0.2, 0) is 20.7 Å². The van der Waals surface area contributed by atoms with Crippen molar-refractivity contribution in [3.05, 3.63) is 35.9 Å². The highest BCUT2D eigenvalue weighted by molar-refractivity contribution is 7.98. The number of carboxylic acids is 1. The lowest BCUT2D eigenvalue weighted by Gasteiger charge is -2.24. The molecule has 0 aliphatic heterocycles. The average molecular weight is 397 g/mol. The van der Waals surface area contributed by atoms with E-state index in [2.05, 4.69) is 10.6 Å². The molecule has 8 heteroatoms. The van der Waals surface area contributed by atoms with E-state index in [9.17, 15) is 19.5 Å². The summed E-state index contributed by atoms with van der Waals surface area (Å²) in [6, 6.07) is 7.09. The molecule has 1 aromatic carbocycles. The molecule has 0 spiro atoms. The fraction of sp³-hybridized carbons (Fsp3) is 0.526. The van der Waals surface area contributed by atoms with E-state index in [4.69, 9.17) is 4.74 Å². The molecule has 3 N–H and O–H groups in total. The van der Waals surface area contributed by atoms with Gasteiger partial charge in [-0.25, -0.2) is 9.59 Å². The zero-order valence-electron chi connectivity index (χ0n) is 16.2. The third kappa shape index (κ3) is 9.33. The van der Waals surface area contributed by atoms with E-state index in [0.29, 0.717) is 12.2 Å². The van der Waals surface area contributed by atoms with Crippen LogP contribution < -0.4 is 10.6 Å². The number of carboxylic acid groups (broad SMARTS) is 1. The average Bonchev–Trinajstić information content (AvgIpc) is 2.57. The summed E-state index contributed by atoms with van der Waals surface area (Å²) in [5.41, 5.74) is 0.104. The van der Waals surface area contributed by atoms with Gasteiger partial charge in [-0.05, 0) is 44.8 Å². The summed E-state index contributed by atoms with van der Waals surface area (Å²) in [5.74, 6) is -1.05. The molecule has 0 unspecified atom stereocenters. The Morgan fingerprint density at radius 3 is 2.26 bits per heavy atom. The van der Waals surface area contributed by atoms with Gasteiger partial charge in [0.1, 0.15) is 17.7 Å². The SMILES string of the molecule is CSCC[C@@H](NC(=O)OC(C)(C)C)C(=O)N[C@H](Cc1ccccc1)C(=O)O. The number of hydrogen-bond donors (Lipinski definition) is 3. The van der Waals surface area contributed by atoms with Crippen LogP contribution >= 0.6 is 11.8 Å². The number of alkyl carbamates (subject to hydrolysis) is 1. The monoisotopic (exact) mass is 396 g/mol. The van der Waals surface area contributed by atoms with Gasteiger partial charge in [0.2, 0.25) is 5.91 Å². The van der Waals surface area contributed by atoms with Crippen molar-refractivity contribution in [1.29, 1.82) is 0 Å². The zero-order valence-corrected chi connectivity index (χ0v) is 17.0. The molecule has 0 aromatic heterocycles. The van der Waals surface area contributed by atoms with Crippen molar-refractivity contribution in [1.82, 2.24) is 10.6 Å². The van der Waals surface area contributed by atoms with E-state index < -0.39 is 35.7 Å². The molecule has 0 radical (unpaired) electrons. The highest BCUT2D eigenvalue weighted by Crippen LogP contribution is 2.09. The van der Waals surface area contributed by atoms with E-state index in [0.717, 1.165) is 5.56 Å². The predicted octanol–water partition coefficient (Wildman–Crippen LogP) is 2.44. The Bertz CT molecular complexity index is 631. The number of benzene rings is 1. The van der Waals surface area contributed by atoms with Gasteiger partial charge in [-0.3, -0.25) is 4.79 Å². The van der Waals surface area contributed by atoms with Gasteiger partial charge >= 0.3 is 12.1 Å². The second-order valence-corrected chi connectivity index (χ2v) is 8.06. The van der Waals surface area contributed by atoms with Crippen LogP contribution in [-0.4, -0.2) is 52.8 Å². The lowest BCUT2D eigenvalue weighted by molar-refractivity contribution is -0.142. The molecular formula is C19H28N2O5S. The van der Waals surface area contributed by atoms with Crippen LogP contribution in [0.4, 0.5) is 4.79 Å². The van der Waals surface area contributed by atoms with Crippen molar-refractivity contribution in [2.24, 2.45) is 0 Å². The maximum Gasteiger partial charge on any atom is 0.408 e. The summed E-state index contributed by atoms with van der Waals surface area (Å²) < 4.78 is 5.19. The fourth-order valence-electron chi connectivity index (χ4n) is 2.28. The maximum absolute atomic E-state index is 12.6. The second kappa shape index (κ2) is 10.8. The first kappa shape index (κ1) is 22.8. The molecule has 7 nitrogen and oxygen atoms in total. The molecule has 0 aliphatic carbocycles. The van der Waals surface area contributed by atoms with Crippen LogP contribution in [0.5, 0.6) is 0 Å². The Morgan fingerprint density at radius 2 is 1.74 bits per heavy atom. The van der Waals surface area contributed by atoms with Crippen molar-refractivity contribution in [3.8, 4) is 0 Å². The Morgan fingerprint density at radius 1 is 1.11 bits per heavy atom. The first-order valence-electron chi connectivity index (χ1n) is 8.68. The summed E-state index contributed by atoms with van der Waals surface area (Å²) >= 11 is 1.53. The number of hydrogen-bond acceptors (Lipinski definition) is 5. The van der Waals surface area contributed by atoms with Crippen molar-refractivity contribution in [2.45, 2.75) is 51.3 Å². The van der Waals surface area contributed by atoms with Gasteiger partial charge in [0.05, 0.1) is 0 Å². The van der Waals surface area contributed by atoms with E-state index in [1.165, 1.54) is 11.8 Å². The number of nitrogens with one attached hydrogen (secondary N) is 2. The van der Waals surface area contributed by atoms with Crippen LogP contribution in [0, 0.1) is 0 Å². The third-order valence-electron chi connectivity index (χ3n) is 3.52. The summed E-state index contributed by atoms with van der Waals surface area (Å²) in [6.45, 7) is 5.18. The lowest BCUT2D eigenvalue weighted by Crippen LogP contribution is -2.53. The standard InChI is InChI=1S/C19H28N2O5S/c1-19(2,3)26-18(25)21-14(10-11-27-4)16(22)20-15(17(23)24)12-13-8-6-5-7-9-13/h5-9,14-15H,10-12H2,1-4H3,(H,20,22)(H,21,25)(H,23,24)/t14-,15-/m1/s1. The molecule has 27 heavy (non-hydrogen) atoms. The first-order valence-corrected chi connectivity index (χ1v) is 10.1. The van der Waals surface area contributed by atoms with Crippen LogP contribution in [0.1, 0.15) is 32.8 Å². The number of carbonyl (C=O) groups excluding carboxylic acids is 2. The minimum atomic E-state index is -1.13. The summed E-state index contributed by atoms with van der Waals surface area (Å²) in [7, 11) is 0. The van der Waals surface area contributed by atoms with Crippen LogP contribution in [0.25, 0.3) is 0 Å². The highest BCUT2D eigenvalue weighted by Gasteiger charge is 2.28. The Labute approximate surface area is 164 Å². The van der Waals surface area contributed by atoms with Gasteiger partial charge < -0.3 is 20.5 Å². The number of rotatable bonds is 9. The highest BCUT2D eigenvalue weighted by atomic mass is 32.2. The van der Waals surface area contributed by atoms with E-state index in [-0.39, 0.29) is 6.42 Å². The molecule has 0 bridgehead atoms. The molecule has 0 heterocycles. The predicted molar refractivity (Wildman–Crippen MR) is 106 cm³/mol. The number of carbonyl (C=O) groups is 3. The zero-order chi connectivity index (χ0) is 20.4. The van der Waals surface area contributed by atoms with Gasteiger partial charge in [0, 0.05) is 6.42 Å². The second-order valence-electron chi connectivity index (χ2n) is 7.07. The smallest absolute Gasteiger partial charge is 0.408 e. The molecule has 0 saturated carbocycles. The number of amides is 2. The Balaban J connectivity index is 2.79. The topological polar surface area (TPSA) is 105 Å². The van der Waals surface area contributed by atoms with Crippen LogP contribution in [0.15, 0.2) is 30.3 Å². The molecule has 1 aromatic rings.